The molecule has 0 spiro atoms. The number of urea groups is 1. The van der Waals surface area contributed by atoms with E-state index in [2.05, 4.69) is 11.3 Å². The van der Waals surface area contributed by atoms with Crippen molar-refractivity contribution < 1.29 is 19.1 Å². The first kappa shape index (κ1) is 18.2. The third-order valence-corrected chi connectivity index (χ3v) is 2.12. The van der Waals surface area contributed by atoms with Crippen molar-refractivity contribution in [3.63, 3.8) is 0 Å². The zero-order chi connectivity index (χ0) is 16.4. The standard InChI is InChI=1S/C8H9N3O2.C6H10O2/c9-6-2-1-3-7(4-6)11(5-12)8(10)13;1-4-8-6(7)5(2)3/h1-5H,9H2,(H2,10,13);2,4H2,1,3H3. The number of anilines is 2. The third kappa shape index (κ3) is 6.76. The molecule has 4 N–H and O–H groups in total. The van der Waals surface area contributed by atoms with E-state index in [0.717, 1.165) is 4.90 Å². The van der Waals surface area contributed by atoms with E-state index in [0.29, 0.717) is 30.0 Å². The van der Waals surface area contributed by atoms with Crippen LogP contribution in [0.4, 0.5) is 16.2 Å². The van der Waals surface area contributed by atoms with Crippen LogP contribution >= 0.6 is 0 Å². The number of esters is 1. The van der Waals surface area contributed by atoms with Gasteiger partial charge in [-0.25, -0.2) is 14.5 Å². The van der Waals surface area contributed by atoms with Crippen molar-refractivity contribution in [2.24, 2.45) is 5.73 Å². The van der Waals surface area contributed by atoms with Gasteiger partial charge in [0.1, 0.15) is 0 Å². The SMILES string of the molecule is C=C(C)C(=O)OCC.NC(=O)N(C=O)c1cccc(N)c1. The summed E-state index contributed by atoms with van der Waals surface area (Å²) in [5, 5.41) is 0. The lowest BCUT2D eigenvalue weighted by atomic mass is 10.3. The molecular formula is C14H19N3O4. The quantitative estimate of drug-likeness (QED) is 0.377. The molecule has 0 aliphatic heterocycles. The van der Waals surface area contributed by atoms with Crippen molar-refractivity contribution in [2.45, 2.75) is 13.8 Å². The number of nitrogens with two attached hydrogens (primary N) is 2. The van der Waals surface area contributed by atoms with Gasteiger partial charge in [0.2, 0.25) is 6.41 Å². The highest BCUT2D eigenvalue weighted by molar-refractivity contribution is 6.05. The van der Waals surface area contributed by atoms with E-state index in [9.17, 15) is 14.4 Å². The summed E-state index contributed by atoms with van der Waals surface area (Å²) in [4.78, 5) is 32.4. The molecule has 0 bridgehead atoms. The van der Waals surface area contributed by atoms with Gasteiger partial charge in [-0.05, 0) is 32.0 Å². The highest BCUT2D eigenvalue weighted by atomic mass is 16.5. The lowest BCUT2D eigenvalue weighted by molar-refractivity contribution is -0.138. The van der Waals surface area contributed by atoms with Crippen molar-refractivity contribution in [3.8, 4) is 0 Å². The summed E-state index contributed by atoms with van der Waals surface area (Å²) in [5.41, 5.74) is 11.7. The molecule has 0 aliphatic carbocycles. The van der Waals surface area contributed by atoms with Crippen LogP contribution in [0.2, 0.25) is 0 Å². The van der Waals surface area contributed by atoms with Crippen molar-refractivity contribution in [1.29, 1.82) is 0 Å². The molecule has 3 amide bonds. The number of carbonyl (C=O) groups excluding carboxylic acids is 3. The van der Waals surface area contributed by atoms with E-state index in [-0.39, 0.29) is 5.97 Å². The highest BCUT2D eigenvalue weighted by Gasteiger charge is 2.10. The number of primary amides is 1. The Morgan fingerprint density at radius 1 is 1.43 bits per heavy atom. The number of carbonyl (C=O) groups is 3. The van der Waals surface area contributed by atoms with Crippen molar-refractivity contribution in [3.05, 3.63) is 36.4 Å². The van der Waals surface area contributed by atoms with Crippen LogP contribution in [0.1, 0.15) is 13.8 Å². The third-order valence-electron chi connectivity index (χ3n) is 2.12. The van der Waals surface area contributed by atoms with Gasteiger partial charge in [-0.1, -0.05) is 12.6 Å². The topological polar surface area (TPSA) is 116 Å². The second-order valence-electron chi connectivity index (χ2n) is 3.91. The molecule has 0 heterocycles. The number of hydrogen-bond donors (Lipinski definition) is 2. The van der Waals surface area contributed by atoms with E-state index in [1.165, 1.54) is 6.07 Å². The summed E-state index contributed by atoms with van der Waals surface area (Å²) in [5.74, 6) is -0.312. The molecule has 21 heavy (non-hydrogen) atoms. The monoisotopic (exact) mass is 293 g/mol. The number of ether oxygens (including phenoxy) is 1. The summed E-state index contributed by atoms with van der Waals surface area (Å²) in [6.07, 6.45) is 0.344. The minimum absolute atomic E-state index is 0.312. The van der Waals surface area contributed by atoms with Crippen LogP contribution in [0, 0.1) is 0 Å². The van der Waals surface area contributed by atoms with Gasteiger partial charge in [0.05, 0.1) is 12.3 Å². The Morgan fingerprint density at radius 2 is 2.05 bits per heavy atom. The highest BCUT2D eigenvalue weighted by Crippen LogP contribution is 2.15. The summed E-state index contributed by atoms with van der Waals surface area (Å²) in [7, 11) is 0. The van der Waals surface area contributed by atoms with E-state index >= 15 is 0 Å². The summed E-state index contributed by atoms with van der Waals surface area (Å²) >= 11 is 0. The first-order valence-electron chi connectivity index (χ1n) is 6.05. The van der Waals surface area contributed by atoms with Gasteiger partial charge in [-0.15, -0.1) is 0 Å². The molecule has 0 unspecified atom stereocenters. The minimum atomic E-state index is -0.833. The second kappa shape index (κ2) is 9.13. The van der Waals surface area contributed by atoms with Gasteiger partial charge in [-0.3, -0.25) is 4.79 Å². The molecule has 0 saturated heterocycles. The van der Waals surface area contributed by atoms with E-state index in [4.69, 9.17) is 11.5 Å². The maximum absolute atomic E-state index is 10.7. The Bertz CT molecular complexity index is 529. The molecule has 0 atom stereocenters. The van der Waals surface area contributed by atoms with Gasteiger partial charge >= 0.3 is 12.0 Å². The lowest BCUT2D eigenvalue weighted by Gasteiger charge is -2.12. The summed E-state index contributed by atoms with van der Waals surface area (Å²) < 4.78 is 4.56. The Labute approximate surface area is 123 Å². The fraction of sp³-hybridized carbons (Fsp3) is 0.214. The molecule has 1 aromatic carbocycles. The molecule has 0 fully saturated rings. The van der Waals surface area contributed by atoms with Crippen LogP contribution in [0.25, 0.3) is 0 Å². The average molecular weight is 293 g/mol. The molecular weight excluding hydrogens is 274 g/mol. The smallest absolute Gasteiger partial charge is 0.333 e. The zero-order valence-corrected chi connectivity index (χ0v) is 12.0. The predicted molar refractivity (Wildman–Crippen MR) is 80.4 cm³/mol. The molecule has 7 heteroatoms. The number of amides is 3. The first-order chi connectivity index (χ1) is 9.83. The number of benzene rings is 1. The van der Waals surface area contributed by atoms with E-state index in [1.54, 1.807) is 32.0 Å². The second-order valence-corrected chi connectivity index (χ2v) is 3.91. The van der Waals surface area contributed by atoms with Crippen LogP contribution in [0.3, 0.4) is 0 Å². The van der Waals surface area contributed by atoms with Crippen LogP contribution in [0.5, 0.6) is 0 Å². The number of nitrogens with zero attached hydrogens (tertiary/aromatic N) is 1. The Balaban J connectivity index is 0.000000433. The number of nitrogen functional groups attached to an aromatic ring is 1. The van der Waals surface area contributed by atoms with Crippen LogP contribution in [0.15, 0.2) is 36.4 Å². The Hall–Kier alpha value is -2.83. The normalized spacial score (nSPS) is 8.86. The Kier molecular flexibility index (Phi) is 7.90. The minimum Gasteiger partial charge on any atom is -0.463 e. The maximum atomic E-state index is 10.7. The van der Waals surface area contributed by atoms with Gasteiger partial charge in [0, 0.05) is 11.3 Å². The molecule has 7 nitrogen and oxygen atoms in total. The fourth-order valence-corrected chi connectivity index (χ4v) is 1.17. The number of imide groups is 1. The van der Waals surface area contributed by atoms with Crippen LogP contribution in [-0.2, 0) is 14.3 Å². The van der Waals surface area contributed by atoms with Gasteiger partial charge in [-0.2, -0.15) is 0 Å². The molecule has 0 aromatic heterocycles. The van der Waals surface area contributed by atoms with Gasteiger partial charge in [0.15, 0.2) is 0 Å². The van der Waals surface area contributed by atoms with E-state index in [1.807, 2.05) is 0 Å². The lowest BCUT2D eigenvalue weighted by Crippen LogP contribution is -2.34. The maximum Gasteiger partial charge on any atom is 0.333 e. The largest absolute Gasteiger partial charge is 0.463 e. The summed E-state index contributed by atoms with van der Waals surface area (Å²) in [6.45, 7) is 7.21. The summed E-state index contributed by atoms with van der Waals surface area (Å²) in [6, 6.07) is 5.49. The molecule has 1 rings (SSSR count). The molecule has 114 valence electrons. The average Bonchev–Trinajstić information content (AvgIpc) is 2.40. The van der Waals surface area contributed by atoms with Gasteiger partial charge < -0.3 is 16.2 Å². The van der Waals surface area contributed by atoms with Crippen LogP contribution < -0.4 is 16.4 Å². The zero-order valence-electron chi connectivity index (χ0n) is 12.0. The fourth-order valence-electron chi connectivity index (χ4n) is 1.17. The molecule has 0 saturated carbocycles. The predicted octanol–water partition coefficient (Wildman–Crippen LogP) is 1.44. The van der Waals surface area contributed by atoms with Crippen molar-refractivity contribution in [2.75, 3.05) is 17.2 Å². The number of rotatable bonds is 4. The molecule has 0 radical (unpaired) electrons. The van der Waals surface area contributed by atoms with Gasteiger partial charge in [0.25, 0.3) is 0 Å². The van der Waals surface area contributed by atoms with E-state index < -0.39 is 6.03 Å². The first-order valence-corrected chi connectivity index (χ1v) is 6.05. The molecule has 0 aliphatic rings. The molecule has 1 aromatic rings. The van der Waals surface area contributed by atoms with Crippen molar-refractivity contribution >= 4 is 29.8 Å². The van der Waals surface area contributed by atoms with Crippen LogP contribution in [-0.4, -0.2) is 25.0 Å². The van der Waals surface area contributed by atoms with Crippen molar-refractivity contribution in [1.82, 2.24) is 0 Å². The Morgan fingerprint density at radius 3 is 2.38 bits per heavy atom. The number of hydrogen-bond acceptors (Lipinski definition) is 5.